The van der Waals surface area contributed by atoms with Crippen LogP contribution in [-0.2, 0) is 4.74 Å². The predicted molar refractivity (Wildman–Crippen MR) is 44.7 cm³/mol. The summed E-state index contributed by atoms with van der Waals surface area (Å²) in [6.45, 7) is 0. The number of pyridine rings is 1. The molecule has 0 aliphatic rings. The molecule has 0 amide bonds. The summed E-state index contributed by atoms with van der Waals surface area (Å²) >= 11 is 0. The van der Waals surface area contributed by atoms with Crippen LogP contribution >= 0.6 is 0 Å². The zero-order valence-electron chi connectivity index (χ0n) is 6.94. The van der Waals surface area contributed by atoms with Gasteiger partial charge in [-0.05, 0) is 12.1 Å². The van der Waals surface area contributed by atoms with Gasteiger partial charge in [0, 0.05) is 0 Å². The van der Waals surface area contributed by atoms with E-state index in [1.807, 2.05) is 6.07 Å². The molecule has 0 aromatic carbocycles. The molecule has 1 aromatic rings. The van der Waals surface area contributed by atoms with E-state index in [9.17, 15) is 4.79 Å². The van der Waals surface area contributed by atoms with E-state index in [-0.39, 0.29) is 17.1 Å². The standard InChI is InChI=1S/C8H7N3O2/c1-13-8(12)6-3-2-5(4-9)11-7(6)10/h2-3H,1H3,(H2,10,11). The highest BCUT2D eigenvalue weighted by atomic mass is 16.5. The normalized spacial score (nSPS) is 8.92. The number of aromatic nitrogens is 1. The minimum atomic E-state index is -0.561. The maximum atomic E-state index is 11.0. The van der Waals surface area contributed by atoms with Crippen LogP contribution in [0.1, 0.15) is 16.1 Å². The molecule has 1 heterocycles. The maximum absolute atomic E-state index is 11.0. The van der Waals surface area contributed by atoms with Crippen LogP contribution in [0.3, 0.4) is 0 Å². The van der Waals surface area contributed by atoms with E-state index < -0.39 is 5.97 Å². The summed E-state index contributed by atoms with van der Waals surface area (Å²) in [5.41, 5.74) is 5.75. The molecule has 0 spiro atoms. The number of nitrogens with two attached hydrogens (primary N) is 1. The first kappa shape index (κ1) is 9.00. The Morgan fingerprint density at radius 1 is 1.69 bits per heavy atom. The van der Waals surface area contributed by atoms with E-state index in [2.05, 4.69) is 9.72 Å². The second-order valence-electron chi connectivity index (χ2n) is 2.23. The molecular formula is C8H7N3O2. The molecule has 0 aliphatic carbocycles. The Hall–Kier alpha value is -2.09. The lowest BCUT2D eigenvalue weighted by Crippen LogP contribution is -2.07. The molecule has 0 fully saturated rings. The molecule has 0 radical (unpaired) electrons. The van der Waals surface area contributed by atoms with Crippen LogP contribution in [0, 0.1) is 11.3 Å². The van der Waals surface area contributed by atoms with Crippen molar-refractivity contribution in [2.45, 2.75) is 0 Å². The van der Waals surface area contributed by atoms with Crippen LogP contribution in [0.2, 0.25) is 0 Å². The fourth-order valence-electron chi connectivity index (χ4n) is 0.820. The number of esters is 1. The van der Waals surface area contributed by atoms with E-state index in [1.54, 1.807) is 0 Å². The van der Waals surface area contributed by atoms with Crippen molar-refractivity contribution >= 4 is 11.8 Å². The number of hydrogen-bond donors (Lipinski definition) is 1. The SMILES string of the molecule is COC(=O)c1ccc(C#N)nc1N. The summed E-state index contributed by atoms with van der Waals surface area (Å²) in [7, 11) is 1.25. The van der Waals surface area contributed by atoms with Crippen molar-refractivity contribution < 1.29 is 9.53 Å². The molecule has 0 bridgehead atoms. The van der Waals surface area contributed by atoms with Gasteiger partial charge in [-0.3, -0.25) is 0 Å². The molecule has 0 unspecified atom stereocenters. The van der Waals surface area contributed by atoms with Gasteiger partial charge in [0.25, 0.3) is 0 Å². The van der Waals surface area contributed by atoms with Crippen molar-refractivity contribution in [2.75, 3.05) is 12.8 Å². The fourth-order valence-corrected chi connectivity index (χ4v) is 0.820. The summed E-state index contributed by atoms with van der Waals surface area (Å²) in [4.78, 5) is 14.7. The second-order valence-corrected chi connectivity index (χ2v) is 2.23. The molecule has 1 rings (SSSR count). The molecule has 0 atom stereocenters. The number of carbonyl (C=O) groups is 1. The number of anilines is 1. The number of nitrogens with zero attached hydrogens (tertiary/aromatic N) is 2. The lowest BCUT2D eigenvalue weighted by Gasteiger charge is -2.01. The summed E-state index contributed by atoms with van der Waals surface area (Å²) in [5.74, 6) is -0.555. The topological polar surface area (TPSA) is 89.0 Å². The smallest absolute Gasteiger partial charge is 0.341 e. The Morgan fingerprint density at radius 2 is 2.38 bits per heavy atom. The largest absolute Gasteiger partial charge is 0.465 e. The van der Waals surface area contributed by atoms with Gasteiger partial charge in [0.05, 0.1) is 7.11 Å². The van der Waals surface area contributed by atoms with Crippen molar-refractivity contribution in [3.05, 3.63) is 23.4 Å². The molecule has 0 aliphatic heterocycles. The number of methoxy groups -OCH3 is 1. The summed E-state index contributed by atoms with van der Waals surface area (Å²) < 4.78 is 4.45. The van der Waals surface area contributed by atoms with Crippen LogP contribution in [0.15, 0.2) is 12.1 Å². The van der Waals surface area contributed by atoms with Crippen LogP contribution in [0.5, 0.6) is 0 Å². The Balaban J connectivity index is 3.14. The molecule has 1 aromatic heterocycles. The lowest BCUT2D eigenvalue weighted by molar-refractivity contribution is 0.0601. The minimum Gasteiger partial charge on any atom is -0.465 e. The van der Waals surface area contributed by atoms with E-state index in [4.69, 9.17) is 11.0 Å². The van der Waals surface area contributed by atoms with E-state index in [0.29, 0.717) is 0 Å². The molecule has 5 heteroatoms. The number of ether oxygens (including phenoxy) is 1. The van der Waals surface area contributed by atoms with E-state index in [0.717, 1.165) is 0 Å². The maximum Gasteiger partial charge on any atom is 0.341 e. The van der Waals surface area contributed by atoms with Gasteiger partial charge in [-0.15, -0.1) is 0 Å². The van der Waals surface area contributed by atoms with Crippen molar-refractivity contribution in [1.29, 1.82) is 5.26 Å². The van der Waals surface area contributed by atoms with Crippen LogP contribution in [0.25, 0.3) is 0 Å². The van der Waals surface area contributed by atoms with Crippen LogP contribution in [-0.4, -0.2) is 18.1 Å². The van der Waals surface area contributed by atoms with E-state index in [1.165, 1.54) is 19.2 Å². The number of nitrogen functional groups attached to an aromatic ring is 1. The van der Waals surface area contributed by atoms with Crippen molar-refractivity contribution in [1.82, 2.24) is 4.98 Å². The number of carbonyl (C=O) groups excluding carboxylic acids is 1. The predicted octanol–water partition coefficient (Wildman–Crippen LogP) is 0.322. The zero-order valence-corrected chi connectivity index (χ0v) is 6.94. The highest BCUT2D eigenvalue weighted by Crippen LogP contribution is 2.10. The minimum absolute atomic E-state index is 0.00546. The number of hydrogen-bond acceptors (Lipinski definition) is 5. The van der Waals surface area contributed by atoms with Crippen molar-refractivity contribution in [3.8, 4) is 6.07 Å². The molecule has 2 N–H and O–H groups in total. The third-order valence-electron chi connectivity index (χ3n) is 1.44. The number of rotatable bonds is 1. The van der Waals surface area contributed by atoms with Crippen molar-refractivity contribution in [3.63, 3.8) is 0 Å². The summed E-state index contributed by atoms with van der Waals surface area (Å²) in [6, 6.07) is 4.62. The average Bonchev–Trinajstić information content (AvgIpc) is 2.16. The first-order chi connectivity index (χ1) is 6.19. The van der Waals surface area contributed by atoms with Crippen LogP contribution in [0.4, 0.5) is 5.82 Å². The lowest BCUT2D eigenvalue weighted by atomic mass is 10.2. The highest BCUT2D eigenvalue weighted by molar-refractivity contribution is 5.94. The molecule has 0 saturated heterocycles. The Bertz CT molecular complexity index is 381. The van der Waals surface area contributed by atoms with Gasteiger partial charge in [0.15, 0.2) is 0 Å². The third kappa shape index (κ3) is 1.73. The Kier molecular flexibility index (Phi) is 2.45. The van der Waals surface area contributed by atoms with Gasteiger partial charge >= 0.3 is 5.97 Å². The molecular weight excluding hydrogens is 170 g/mol. The third-order valence-corrected chi connectivity index (χ3v) is 1.44. The first-order valence-electron chi connectivity index (χ1n) is 3.44. The average molecular weight is 177 g/mol. The van der Waals surface area contributed by atoms with Gasteiger partial charge in [-0.1, -0.05) is 0 Å². The zero-order chi connectivity index (χ0) is 9.84. The Labute approximate surface area is 74.8 Å². The molecule has 5 nitrogen and oxygen atoms in total. The fraction of sp³-hybridized carbons (Fsp3) is 0.125. The van der Waals surface area contributed by atoms with Gasteiger partial charge < -0.3 is 10.5 Å². The highest BCUT2D eigenvalue weighted by Gasteiger charge is 2.10. The van der Waals surface area contributed by atoms with Crippen LogP contribution < -0.4 is 5.73 Å². The van der Waals surface area contributed by atoms with Gasteiger partial charge in [0.1, 0.15) is 23.1 Å². The summed E-state index contributed by atoms with van der Waals surface area (Å²) in [5, 5.41) is 8.46. The Morgan fingerprint density at radius 3 is 2.85 bits per heavy atom. The van der Waals surface area contributed by atoms with Gasteiger partial charge in [0.2, 0.25) is 0 Å². The summed E-state index contributed by atoms with van der Waals surface area (Å²) in [6.07, 6.45) is 0. The van der Waals surface area contributed by atoms with E-state index >= 15 is 0 Å². The molecule has 0 saturated carbocycles. The molecule has 13 heavy (non-hydrogen) atoms. The van der Waals surface area contributed by atoms with Gasteiger partial charge in [-0.25, -0.2) is 9.78 Å². The van der Waals surface area contributed by atoms with Crippen molar-refractivity contribution in [2.24, 2.45) is 0 Å². The monoisotopic (exact) mass is 177 g/mol. The first-order valence-corrected chi connectivity index (χ1v) is 3.44. The number of nitriles is 1. The quantitative estimate of drug-likeness (QED) is 0.624. The molecule has 66 valence electrons. The van der Waals surface area contributed by atoms with Gasteiger partial charge in [-0.2, -0.15) is 5.26 Å². The second kappa shape index (κ2) is 3.54.